The number of halogens is 1. The van der Waals surface area contributed by atoms with Crippen molar-refractivity contribution in [1.29, 1.82) is 0 Å². The van der Waals surface area contributed by atoms with E-state index in [1.165, 1.54) is 0 Å². The summed E-state index contributed by atoms with van der Waals surface area (Å²) < 4.78 is 5.26. The first-order valence-electron chi connectivity index (χ1n) is 6.95. The topological polar surface area (TPSA) is 71.3 Å². The van der Waals surface area contributed by atoms with Crippen LogP contribution in [0.15, 0.2) is 28.8 Å². The maximum atomic E-state index is 11.9. The summed E-state index contributed by atoms with van der Waals surface area (Å²) in [4.78, 5) is 17.8. The van der Waals surface area contributed by atoms with E-state index in [1.54, 1.807) is 38.1 Å². The van der Waals surface area contributed by atoms with Crippen molar-refractivity contribution in [3.8, 4) is 11.5 Å². The SMILES string of the molecule is C[C@H](N[C@H](C)c1noc(-c2ccc(Cl)cc2)n1)C(=O)N(C)C. The van der Waals surface area contributed by atoms with Gasteiger partial charge in [-0.25, -0.2) is 0 Å². The number of rotatable bonds is 5. The molecular formula is C15H19ClN4O2. The predicted octanol–water partition coefficient (Wildman–Crippen LogP) is 2.52. The molecule has 1 heterocycles. The van der Waals surface area contributed by atoms with Crippen LogP contribution in [-0.4, -0.2) is 41.1 Å². The Kier molecular flexibility index (Phi) is 5.15. The molecule has 2 atom stereocenters. The minimum Gasteiger partial charge on any atom is -0.347 e. The maximum absolute atomic E-state index is 11.9. The van der Waals surface area contributed by atoms with Gasteiger partial charge in [0.05, 0.1) is 12.1 Å². The summed E-state index contributed by atoms with van der Waals surface area (Å²) in [5.74, 6) is 0.920. The maximum Gasteiger partial charge on any atom is 0.257 e. The normalized spacial score (nSPS) is 13.7. The van der Waals surface area contributed by atoms with E-state index in [-0.39, 0.29) is 18.0 Å². The van der Waals surface area contributed by atoms with Crippen molar-refractivity contribution in [3.05, 3.63) is 35.1 Å². The van der Waals surface area contributed by atoms with Crippen LogP contribution in [0, 0.1) is 0 Å². The summed E-state index contributed by atoms with van der Waals surface area (Å²) in [7, 11) is 3.44. The van der Waals surface area contributed by atoms with Gasteiger partial charge < -0.3 is 9.42 Å². The summed E-state index contributed by atoms with van der Waals surface area (Å²) in [6, 6.07) is 6.62. The molecule has 6 nitrogen and oxygen atoms in total. The molecule has 0 aliphatic rings. The van der Waals surface area contributed by atoms with Gasteiger partial charge in [0, 0.05) is 24.7 Å². The third kappa shape index (κ3) is 3.84. The highest BCUT2D eigenvalue weighted by atomic mass is 35.5. The largest absolute Gasteiger partial charge is 0.347 e. The molecule has 0 bridgehead atoms. The molecule has 118 valence electrons. The van der Waals surface area contributed by atoms with Gasteiger partial charge in [-0.15, -0.1) is 0 Å². The Morgan fingerprint density at radius 1 is 1.27 bits per heavy atom. The number of benzene rings is 1. The number of hydrogen-bond donors (Lipinski definition) is 1. The van der Waals surface area contributed by atoms with E-state index in [1.807, 2.05) is 19.1 Å². The molecule has 1 aromatic heterocycles. The Balaban J connectivity index is 2.07. The quantitative estimate of drug-likeness (QED) is 0.915. The lowest BCUT2D eigenvalue weighted by Crippen LogP contribution is -2.42. The van der Waals surface area contributed by atoms with Crippen molar-refractivity contribution in [2.24, 2.45) is 0 Å². The number of carbonyl (C=O) groups excluding carboxylic acids is 1. The summed E-state index contributed by atoms with van der Waals surface area (Å²) in [6.45, 7) is 3.69. The average Bonchev–Trinajstić information content (AvgIpc) is 2.96. The third-order valence-corrected chi connectivity index (χ3v) is 3.48. The molecule has 0 radical (unpaired) electrons. The van der Waals surface area contributed by atoms with Gasteiger partial charge in [-0.1, -0.05) is 16.8 Å². The van der Waals surface area contributed by atoms with Gasteiger partial charge in [0.25, 0.3) is 5.89 Å². The average molecular weight is 323 g/mol. The minimum absolute atomic E-state index is 0.00623. The van der Waals surface area contributed by atoms with E-state index >= 15 is 0 Å². The highest BCUT2D eigenvalue weighted by molar-refractivity contribution is 6.30. The fourth-order valence-electron chi connectivity index (χ4n) is 2.03. The van der Waals surface area contributed by atoms with Gasteiger partial charge in [-0.3, -0.25) is 10.1 Å². The molecule has 22 heavy (non-hydrogen) atoms. The van der Waals surface area contributed by atoms with Crippen LogP contribution in [0.3, 0.4) is 0 Å². The monoisotopic (exact) mass is 322 g/mol. The predicted molar refractivity (Wildman–Crippen MR) is 84.5 cm³/mol. The first kappa shape index (κ1) is 16.5. The number of carbonyl (C=O) groups is 1. The molecule has 0 saturated carbocycles. The summed E-state index contributed by atoms with van der Waals surface area (Å²) >= 11 is 5.85. The van der Waals surface area contributed by atoms with Gasteiger partial charge >= 0.3 is 0 Å². The number of nitrogens with one attached hydrogen (secondary N) is 1. The van der Waals surface area contributed by atoms with Crippen molar-refractivity contribution in [3.63, 3.8) is 0 Å². The van der Waals surface area contributed by atoms with E-state index in [9.17, 15) is 4.79 Å². The Morgan fingerprint density at radius 2 is 1.91 bits per heavy atom. The second kappa shape index (κ2) is 6.89. The lowest BCUT2D eigenvalue weighted by Gasteiger charge is -2.20. The number of amides is 1. The molecule has 1 N–H and O–H groups in total. The van der Waals surface area contributed by atoms with E-state index in [4.69, 9.17) is 16.1 Å². The van der Waals surface area contributed by atoms with Crippen molar-refractivity contribution in [2.45, 2.75) is 25.9 Å². The fraction of sp³-hybridized carbons (Fsp3) is 0.400. The molecule has 0 saturated heterocycles. The zero-order valence-corrected chi connectivity index (χ0v) is 13.8. The van der Waals surface area contributed by atoms with E-state index in [0.717, 1.165) is 5.56 Å². The van der Waals surface area contributed by atoms with Gasteiger partial charge in [-0.05, 0) is 38.1 Å². The second-order valence-corrected chi connectivity index (χ2v) is 5.74. The van der Waals surface area contributed by atoms with Crippen molar-refractivity contribution in [2.75, 3.05) is 14.1 Å². The second-order valence-electron chi connectivity index (χ2n) is 5.31. The summed E-state index contributed by atoms with van der Waals surface area (Å²) in [5.41, 5.74) is 0.799. The van der Waals surface area contributed by atoms with Crippen LogP contribution in [0.5, 0.6) is 0 Å². The fourth-order valence-corrected chi connectivity index (χ4v) is 2.15. The van der Waals surface area contributed by atoms with Crippen LogP contribution in [0.25, 0.3) is 11.5 Å². The van der Waals surface area contributed by atoms with Crippen molar-refractivity contribution < 1.29 is 9.32 Å². The standard InChI is InChI=1S/C15H19ClN4O2/c1-9(17-10(2)15(21)20(3)4)13-18-14(22-19-13)11-5-7-12(16)8-6-11/h5-10,17H,1-4H3/t9-,10+/m1/s1. The van der Waals surface area contributed by atoms with Crippen molar-refractivity contribution >= 4 is 17.5 Å². The van der Waals surface area contributed by atoms with Gasteiger partial charge in [0.2, 0.25) is 5.91 Å². The number of aromatic nitrogens is 2. The number of likely N-dealkylation sites (N-methyl/N-ethyl adjacent to an activating group) is 1. The van der Waals surface area contributed by atoms with E-state index < -0.39 is 0 Å². The van der Waals surface area contributed by atoms with Gasteiger partial charge in [-0.2, -0.15) is 4.98 Å². The van der Waals surface area contributed by atoms with Gasteiger partial charge in [0.15, 0.2) is 5.82 Å². The first-order valence-corrected chi connectivity index (χ1v) is 7.33. The van der Waals surface area contributed by atoms with Crippen LogP contribution in [-0.2, 0) is 4.79 Å². The third-order valence-electron chi connectivity index (χ3n) is 3.23. The molecule has 0 spiro atoms. The highest BCUT2D eigenvalue weighted by Gasteiger charge is 2.21. The lowest BCUT2D eigenvalue weighted by molar-refractivity contribution is -0.130. The molecule has 2 rings (SSSR count). The lowest BCUT2D eigenvalue weighted by atomic mass is 10.2. The highest BCUT2D eigenvalue weighted by Crippen LogP contribution is 2.21. The molecule has 1 aromatic carbocycles. The molecule has 1 amide bonds. The zero-order valence-electron chi connectivity index (χ0n) is 13.0. The van der Waals surface area contributed by atoms with Crippen LogP contribution in [0.1, 0.15) is 25.7 Å². The molecule has 7 heteroatoms. The molecular weight excluding hydrogens is 304 g/mol. The zero-order chi connectivity index (χ0) is 16.3. The first-order chi connectivity index (χ1) is 10.4. The Hall–Kier alpha value is -1.92. The molecule has 0 aliphatic carbocycles. The molecule has 0 unspecified atom stereocenters. The van der Waals surface area contributed by atoms with Crippen LogP contribution >= 0.6 is 11.6 Å². The van der Waals surface area contributed by atoms with E-state index in [2.05, 4.69) is 15.5 Å². The molecule has 0 aliphatic heterocycles. The van der Waals surface area contributed by atoms with Crippen LogP contribution < -0.4 is 5.32 Å². The van der Waals surface area contributed by atoms with Crippen LogP contribution in [0.2, 0.25) is 5.02 Å². The Morgan fingerprint density at radius 3 is 2.50 bits per heavy atom. The minimum atomic E-state index is -0.331. The number of nitrogens with zero attached hydrogens (tertiary/aromatic N) is 3. The summed E-state index contributed by atoms with van der Waals surface area (Å²) in [6.07, 6.45) is 0. The molecule has 2 aromatic rings. The van der Waals surface area contributed by atoms with Crippen LogP contribution in [0.4, 0.5) is 0 Å². The van der Waals surface area contributed by atoms with E-state index in [0.29, 0.717) is 16.7 Å². The Bertz CT molecular complexity index is 639. The molecule has 0 fully saturated rings. The van der Waals surface area contributed by atoms with Crippen molar-refractivity contribution in [1.82, 2.24) is 20.4 Å². The Labute approximate surface area is 134 Å². The number of hydrogen-bond acceptors (Lipinski definition) is 5. The smallest absolute Gasteiger partial charge is 0.257 e. The summed E-state index contributed by atoms with van der Waals surface area (Å²) in [5, 5.41) is 7.77. The van der Waals surface area contributed by atoms with Gasteiger partial charge in [0.1, 0.15) is 0 Å².